The van der Waals surface area contributed by atoms with Gasteiger partial charge in [-0.3, -0.25) is 16.2 Å². The van der Waals surface area contributed by atoms with Gasteiger partial charge in [0.25, 0.3) is 0 Å². The lowest BCUT2D eigenvalue weighted by Crippen LogP contribution is -2.59. The number of hydrazine groups is 1. The molecule has 0 spiro atoms. The van der Waals surface area contributed by atoms with E-state index in [0.717, 1.165) is 26.3 Å². The molecule has 1 aliphatic heterocycles. The van der Waals surface area contributed by atoms with Crippen LogP contribution in [0.25, 0.3) is 0 Å². The molecule has 5 heteroatoms. The largest absolute Gasteiger partial charge is 0.379 e. The molecule has 1 saturated carbocycles. The first-order valence-electron chi connectivity index (χ1n) is 7.61. The fourth-order valence-electron chi connectivity index (χ4n) is 3.89. The minimum Gasteiger partial charge on any atom is -0.379 e. The van der Waals surface area contributed by atoms with Crippen LogP contribution in [0.5, 0.6) is 0 Å². The van der Waals surface area contributed by atoms with E-state index in [-0.39, 0.29) is 11.6 Å². The summed E-state index contributed by atoms with van der Waals surface area (Å²) in [7, 11) is 0. The molecule has 1 aromatic heterocycles. The van der Waals surface area contributed by atoms with Crippen LogP contribution in [0.4, 0.5) is 0 Å². The van der Waals surface area contributed by atoms with E-state index in [1.807, 2.05) is 11.3 Å². The zero-order chi connectivity index (χ0) is 14.0. The molecule has 0 amide bonds. The number of morpholine rings is 1. The quantitative estimate of drug-likeness (QED) is 0.660. The van der Waals surface area contributed by atoms with Crippen molar-refractivity contribution >= 4 is 11.3 Å². The fraction of sp³-hybridized carbons (Fsp3) is 0.733. The van der Waals surface area contributed by atoms with E-state index in [4.69, 9.17) is 10.6 Å². The Balaban J connectivity index is 1.91. The number of hydrogen-bond donors (Lipinski definition) is 2. The van der Waals surface area contributed by atoms with Gasteiger partial charge in [0.15, 0.2) is 0 Å². The van der Waals surface area contributed by atoms with Crippen LogP contribution >= 0.6 is 11.3 Å². The second-order valence-corrected chi connectivity index (χ2v) is 7.28. The Labute approximate surface area is 125 Å². The lowest BCUT2D eigenvalue weighted by atomic mass is 9.85. The van der Waals surface area contributed by atoms with Gasteiger partial charge < -0.3 is 4.74 Å². The van der Waals surface area contributed by atoms with Crippen molar-refractivity contribution in [2.45, 2.75) is 44.2 Å². The standard InChI is InChI=1S/C15H25N3OS/c1-12-4-5-13(20-12)14(17-16)15(6-2-3-7-15)18-8-10-19-11-9-18/h4-5,14,17H,2-3,6-11,16H2,1H3. The Hall–Kier alpha value is -0.460. The Morgan fingerprint density at radius 3 is 2.55 bits per heavy atom. The maximum atomic E-state index is 5.98. The maximum absolute atomic E-state index is 5.98. The van der Waals surface area contributed by atoms with Crippen LogP contribution in [0.15, 0.2) is 12.1 Å². The number of nitrogens with two attached hydrogens (primary N) is 1. The second-order valence-electron chi connectivity index (χ2n) is 5.96. The number of thiophene rings is 1. The van der Waals surface area contributed by atoms with E-state index >= 15 is 0 Å². The molecule has 1 saturated heterocycles. The molecule has 3 rings (SSSR count). The Bertz CT molecular complexity index is 436. The normalized spacial score (nSPS) is 24.9. The number of ether oxygens (including phenoxy) is 1. The van der Waals surface area contributed by atoms with Crippen LogP contribution < -0.4 is 11.3 Å². The molecular formula is C15H25N3OS. The van der Waals surface area contributed by atoms with Gasteiger partial charge in [-0.25, -0.2) is 0 Å². The highest BCUT2D eigenvalue weighted by molar-refractivity contribution is 7.12. The lowest BCUT2D eigenvalue weighted by Gasteiger charge is -2.47. The Kier molecular flexibility index (Phi) is 4.43. The summed E-state index contributed by atoms with van der Waals surface area (Å²) in [6, 6.07) is 4.68. The lowest BCUT2D eigenvalue weighted by molar-refractivity contribution is -0.0359. The van der Waals surface area contributed by atoms with Gasteiger partial charge in [0.1, 0.15) is 0 Å². The molecule has 2 fully saturated rings. The van der Waals surface area contributed by atoms with Crippen molar-refractivity contribution in [2.24, 2.45) is 5.84 Å². The summed E-state index contributed by atoms with van der Waals surface area (Å²) in [6.45, 7) is 5.92. The number of aryl methyl sites for hydroxylation is 1. The average Bonchev–Trinajstić information content (AvgIpc) is 3.12. The van der Waals surface area contributed by atoms with Crippen molar-refractivity contribution in [3.8, 4) is 0 Å². The van der Waals surface area contributed by atoms with E-state index < -0.39 is 0 Å². The highest BCUT2D eigenvalue weighted by atomic mass is 32.1. The van der Waals surface area contributed by atoms with Crippen LogP contribution in [0.2, 0.25) is 0 Å². The smallest absolute Gasteiger partial charge is 0.0736 e. The zero-order valence-electron chi connectivity index (χ0n) is 12.2. The minimum absolute atomic E-state index is 0.176. The van der Waals surface area contributed by atoms with Gasteiger partial charge in [-0.2, -0.15) is 0 Å². The van der Waals surface area contributed by atoms with Gasteiger partial charge in [-0.1, -0.05) is 12.8 Å². The highest BCUT2D eigenvalue weighted by Crippen LogP contribution is 2.45. The molecule has 2 heterocycles. The average molecular weight is 295 g/mol. The molecule has 1 aliphatic carbocycles. The van der Waals surface area contributed by atoms with Crippen molar-refractivity contribution < 1.29 is 4.74 Å². The predicted molar refractivity (Wildman–Crippen MR) is 82.7 cm³/mol. The first-order chi connectivity index (χ1) is 9.76. The summed E-state index contributed by atoms with van der Waals surface area (Å²) in [5.74, 6) is 5.98. The molecule has 1 aromatic rings. The predicted octanol–water partition coefficient (Wildman–Crippen LogP) is 2.21. The van der Waals surface area contributed by atoms with Crippen molar-refractivity contribution in [3.63, 3.8) is 0 Å². The number of nitrogens with one attached hydrogen (secondary N) is 1. The number of rotatable bonds is 4. The van der Waals surface area contributed by atoms with Gasteiger partial charge in [-0.15, -0.1) is 11.3 Å². The first-order valence-corrected chi connectivity index (χ1v) is 8.43. The van der Waals surface area contributed by atoms with Gasteiger partial charge in [0, 0.05) is 28.4 Å². The maximum Gasteiger partial charge on any atom is 0.0736 e. The molecule has 2 aliphatic rings. The SMILES string of the molecule is Cc1ccc(C(NN)C2(N3CCOCC3)CCCC2)s1. The van der Waals surface area contributed by atoms with Crippen molar-refractivity contribution in [1.29, 1.82) is 0 Å². The van der Waals surface area contributed by atoms with Crippen LogP contribution in [-0.2, 0) is 4.74 Å². The molecular weight excluding hydrogens is 270 g/mol. The second kappa shape index (κ2) is 6.12. The number of hydrogen-bond acceptors (Lipinski definition) is 5. The van der Waals surface area contributed by atoms with Gasteiger partial charge in [0.2, 0.25) is 0 Å². The van der Waals surface area contributed by atoms with Crippen LogP contribution in [-0.4, -0.2) is 36.7 Å². The topological polar surface area (TPSA) is 50.5 Å². The Morgan fingerprint density at radius 2 is 2.00 bits per heavy atom. The summed E-state index contributed by atoms with van der Waals surface area (Å²) < 4.78 is 5.54. The zero-order valence-corrected chi connectivity index (χ0v) is 13.0. The monoisotopic (exact) mass is 295 g/mol. The summed E-state index contributed by atoms with van der Waals surface area (Å²) in [4.78, 5) is 5.36. The fourth-order valence-corrected chi connectivity index (χ4v) is 4.94. The molecule has 4 nitrogen and oxygen atoms in total. The van der Waals surface area contributed by atoms with E-state index in [9.17, 15) is 0 Å². The highest BCUT2D eigenvalue weighted by Gasteiger charge is 2.47. The van der Waals surface area contributed by atoms with E-state index in [0.29, 0.717) is 0 Å². The summed E-state index contributed by atoms with van der Waals surface area (Å²) in [5, 5.41) is 0. The third-order valence-electron chi connectivity index (χ3n) is 4.86. The van der Waals surface area contributed by atoms with Crippen molar-refractivity contribution in [1.82, 2.24) is 10.3 Å². The van der Waals surface area contributed by atoms with Crippen molar-refractivity contribution in [2.75, 3.05) is 26.3 Å². The Morgan fingerprint density at radius 1 is 1.30 bits per heavy atom. The first kappa shape index (κ1) is 14.5. The summed E-state index contributed by atoms with van der Waals surface area (Å²) >= 11 is 1.87. The van der Waals surface area contributed by atoms with E-state index in [2.05, 4.69) is 29.4 Å². The van der Waals surface area contributed by atoms with Crippen LogP contribution in [0, 0.1) is 6.92 Å². The number of nitrogens with zero attached hydrogens (tertiary/aromatic N) is 1. The third kappa shape index (κ3) is 2.53. The van der Waals surface area contributed by atoms with Crippen LogP contribution in [0.1, 0.15) is 41.5 Å². The van der Waals surface area contributed by atoms with E-state index in [1.54, 1.807) is 0 Å². The third-order valence-corrected chi connectivity index (χ3v) is 5.93. The molecule has 3 N–H and O–H groups in total. The molecule has 0 bridgehead atoms. The molecule has 1 unspecified atom stereocenters. The van der Waals surface area contributed by atoms with Gasteiger partial charge in [-0.05, 0) is 31.9 Å². The summed E-state index contributed by atoms with van der Waals surface area (Å²) in [6.07, 6.45) is 5.08. The van der Waals surface area contributed by atoms with E-state index in [1.165, 1.54) is 35.4 Å². The molecule has 0 radical (unpaired) electrons. The van der Waals surface area contributed by atoms with Gasteiger partial charge >= 0.3 is 0 Å². The molecule has 0 aromatic carbocycles. The molecule has 112 valence electrons. The molecule has 1 atom stereocenters. The minimum atomic E-state index is 0.176. The summed E-state index contributed by atoms with van der Waals surface area (Å²) in [5.41, 5.74) is 3.32. The molecule has 20 heavy (non-hydrogen) atoms. The van der Waals surface area contributed by atoms with Crippen LogP contribution in [0.3, 0.4) is 0 Å². The van der Waals surface area contributed by atoms with Crippen molar-refractivity contribution in [3.05, 3.63) is 21.9 Å². The van der Waals surface area contributed by atoms with Gasteiger partial charge in [0.05, 0.1) is 19.3 Å².